The monoisotopic (exact) mass is 263 g/mol. The maximum absolute atomic E-state index is 13.2. The predicted molar refractivity (Wildman–Crippen MR) is 52.3 cm³/mol. The van der Waals surface area contributed by atoms with Crippen LogP contribution in [0.1, 0.15) is 10.4 Å². The lowest BCUT2D eigenvalue weighted by molar-refractivity contribution is 0.0988. The maximum Gasteiger partial charge on any atom is 0.179 e. The zero-order valence-corrected chi connectivity index (χ0v) is 8.99. The summed E-state index contributed by atoms with van der Waals surface area (Å²) < 4.78 is 26.2. The first kappa shape index (κ1) is 11.3. The van der Waals surface area contributed by atoms with Crippen LogP contribution in [0.15, 0.2) is 16.6 Å². The summed E-state index contributed by atoms with van der Waals surface area (Å²) in [6.07, 6.45) is 0. The Morgan fingerprint density at radius 1 is 1.43 bits per heavy atom. The molecule has 76 valence electrons. The zero-order chi connectivity index (χ0) is 10.7. The fourth-order valence-corrected chi connectivity index (χ4v) is 1.30. The fourth-order valence-electron chi connectivity index (χ4n) is 0.997. The highest BCUT2D eigenvalue weighted by molar-refractivity contribution is 9.10. The van der Waals surface area contributed by atoms with E-state index >= 15 is 0 Å². The molecule has 0 fully saturated rings. The largest absolute Gasteiger partial charge is 0.313 e. The number of carbonyl (C=O) groups excluding carboxylic acids is 1. The summed E-state index contributed by atoms with van der Waals surface area (Å²) in [4.78, 5) is 11.2. The average molecular weight is 264 g/mol. The molecule has 0 saturated carbocycles. The van der Waals surface area contributed by atoms with Crippen molar-refractivity contribution in [2.24, 2.45) is 0 Å². The maximum atomic E-state index is 13.2. The normalized spacial score (nSPS) is 10.3. The second-order valence-electron chi connectivity index (χ2n) is 2.68. The van der Waals surface area contributed by atoms with E-state index in [0.717, 1.165) is 0 Å². The summed E-state index contributed by atoms with van der Waals surface area (Å²) >= 11 is 2.83. The van der Waals surface area contributed by atoms with Gasteiger partial charge in [0, 0.05) is 0 Å². The summed E-state index contributed by atoms with van der Waals surface area (Å²) in [6, 6.07) is 2.56. The molecular formula is C9H8BrF2NO. The van der Waals surface area contributed by atoms with E-state index in [1.165, 1.54) is 12.1 Å². The minimum atomic E-state index is -1.11. The van der Waals surface area contributed by atoms with Crippen molar-refractivity contribution in [1.29, 1.82) is 0 Å². The van der Waals surface area contributed by atoms with Crippen molar-refractivity contribution in [3.8, 4) is 0 Å². The number of rotatable bonds is 3. The molecule has 0 aromatic heterocycles. The molecule has 0 unspecified atom stereocenters. The summed E-state index contributed by atoms with van der Waals surface area (Å²) in [5.41, 5.74) is -0.236. The van der Waals surface area contributed by atoms with E-state index in [2.05, 4.69) is 21.2 Å². The van der Waals surface area contributed by atoms with Gasteiger partial charge in [0.15, 0.2) is 17.4 Å². The Balaban J connectivity index is 3.11. The predicted octanol–water partition coefficient (Wildman–Crippen LogP) is 2.13. The lowest BCUT2D eigenvalue weighted by atomic mass is 10.1. The summed E-state index contributed by atoms with van der Waals surface area (Å²) in [6.45, 7) is -0.0159. The highest BCUT2D eigenvalue weighted by Crippen LogP contribution is 2.21. The molecule has 0 atom stereocenters. The lowest BCUT2D eigenvalue weighted by Gasteiger charge is -2.03. The standard InChI is InChI=1S/C9H8BrF2NO/c1-13-4-7(14)5-2-3-6(10)9(12)8(5)11/h2-3,13H,4H2,1H3. The quantitative estimate of drug-likeness (QED) is 0.669. The second-order valence-corrected chi connectivity index (χ2v) is 3.53. The van der Waals surface area contributed by atoms with Crippen molar-refractivity contribution in [2.45, 2.75) is 0 Å². The Morgan fingerprint density at radius 2 is 2.07 bits per heavy atom. The Labute approximate surface area is 88.4 Å². The van der Waals surface area contributed by atoms with E-state index < -0.39 is 17.4 Å². The van der Waals surface area contributed by atoms with Gasteiger partial charge in [0.25, 0.3) is 0 Å². The molecule has 0 aliphatic heterocycles. The number of likely N-dealkylation sites (N-methyl/N-ethyl adjacent to an activating group) is 1. The van der Waals surface area contributed by atoms with Gasteiger partial charge in [0.1, 0.15) is 0 Å². The van der Waals surface area contributed by atoms with Crippen molar-refractivity contribution in [3.63, 3.8) is 0 Å². The first-order valence-electron chi connectivity index (χ1n) is 3.89. The Bertz CT molecular complexity index is 368. The van der Waals surface area contributed by atoms with Crippen molar-refractivity contribution in [1.82, 2.24) is 5.32 Å². The minimum absolute atomic E-state index is 0.0102. The van der Waals surface area contributed by atoms with Crippen molar-refractivity contribution >= 4 is 21.7 Å². The van der Waals surface area contributed by atoms with Gasteiger partial charge in [-0.15, -0.1) is 0 Å². The molecule has 0 heterocycles. The van der Waals surface area contributed by atoms with E-state index in [1.54, 1.807) is 7.05 Å². The first-order valence-corrected chi connectivity index (χ1v) is 4.68. The zero-order valence-electron chi connectivity index (χ0n) is 7.40. The van der Waals surface area contributed by atoms with Crippen molar-refractivity contribution < 1.29 is 13.6 Å². The number of benzene rings is 1. The van der Waals surface area contributed by atoms with Crippen LogP contribution < -0.4 is 5.32 Å². The van der Waals surface area contributed by atoms with E-state index in [4.69, 9.17) is 0 Å². The third-order valence-corrected chi connectivity index (χ3v) is 2.29. The summed E-state index contributed by atoms with van der Waals surface area (Å²) in [5, 5.41) is 2.58. The van der Waals surface area contributed by atoms with Gasteiger partial charge in [-0.1, -0.05) is 0 Å². The van der Waals surface area contributed by atoms with Crippen LogP contribution in [0.25, 0.3) is 0 Å². The number of halogens is 3. The molecule has 5 heteroatoms. The highest BCUT2D eigenvalue weighted by Gasteiger charge is 2.16. The van der Waals surface area contributed by atoms with E-state index in [0.29, 0.717) is 0 Å². The Hall–Kier alpha value is -0.810. The first-order chi connectivity index (χ1) is 6.57. The van der Waals surface area contributed by atoms with Crippen LogP contribution in [0.4, 0.5) is 8.78 Å². The average Bonchev–Trinajstić information content (AvgIpc) is 2.15. The molecule has 1 rings (SSSR count). The molecule has 14 heavy (non-hydrogen) atoms. The Kier molecular flexibility index (Phi) is 3.71. The summed E-state index contributed by atoms with van der Waals surface area (Å²) in [5.74, 6) is -2.62. The van der Waals surface area contributed by atoms with Crippen LogP contribution in [-0.4, -0.2) is 19.4 Å². The third-order valence-electron chi connectivity index (χ3n) is 1.67. The van der Waals surface area contributed by atoms with E-state index in [-0.39, 0.29) is 16.6 Å². The molecule has 0 bridgehead atoms. The van der Waals surface area contributed by atoms with Gasteiger partial charge >= 0.3 is 0 Å². The van der Waals surface area contributed by atoms with Crippen LogP contribution in [0.5, 0.6) is 0 Å². The number of ketones is 1. The number of carbonyl (C=O) groups is 1. The van der Waals surface area contributed by atoms with Gasteiger partial charge in [-0.3, -0.25) is 4.79 Å². The van der Waals surface area contributed by atoms with Crippen molar-refractivity contribution in [3.05, 3.63) is 33.8 Å². The molecule has 0 spiro atoms. The van der Waals surface area contributed by atoms with Gasteiger partial charge in [0.2, 0.25) is 0 Å². The van der Waals surface area contributed by atoms with Gasteiger partial charge in [0.05, 0.1) is 16.6 Å². The molecule has 0 aliphatic carbocycles. The second kappa shape index (κ2) is 4.61. The molecule has 2 nitrogen and oxygen atoms in total. The van der Waals surface area contributed by atoms with Gasteiger partial charge in [-0.05, 0) is 35.1 Å². The lowest BCUT2D eigenvalue weighted by Crippen LogP contribution is -2.20. The number of hydrogen-bond acceptors (Lipinski definition) is 2. The fraction of sp³-hybridized carbons (Fsp3) is 0.222. The molecular weight excluding hydrogens is 256 g/mol. The smallest absolute Gasteiger partial charge is 0.179 e. The molecule has 1 N–H and O–H groups in total. The van der Waals surface area contributed by atoms with Crippen molar-refractivity contribution in [2.75, 3.05) is 13.6 Å². The molecule has 0 saturated heterocycles. The third kappa shape index (κ3) is 2.16. The molecule has 0 amide bonds. The topological polar surface area (TPSA) is 29.1 Å². The Morgan fingerprint density at radius 3 is 2.64 bits per heavy atom. The van der Waals surface area contributed by atoms with E-state index in [1.807, 2.05) is 0 Å². The number of hydrogen-bond donors (Lipinski definition) is 1. The molecule has 0 radical (unpaired) electrons. The van der Waals surface area contributed by atoms with Crippen LogP contribution in [-0.2, 0) is 0 Å². The van der Waals surface area contributed by atoms with E-state index in [9.17, 15) is 13.6 Å². The molecule has 1 aromatic rings. The van der Waals surface area contributed by atoms with Gasteiger partial charge in [-0.25, -0.2) is 8.78 Å². The van der Waals surface area contributed by atoms with Crippen LogP contribution in [0.2, 0.25) is 0 Å². The number of nitrogens with one attached hydrogen (secondary N) is 1. The van der Waals surface area contributed by atoms with Gasteiger partial charge < -0.3 is 5.32 Å². The minimum Gasteiger partial charge on any atom is -0.313 e. The van der Waals surface area contributed by atoms with Crippen LogP contribution in [0, 0.1) is 11.6 Å². The van der Waals surface area contributed by atoms with Crippen LogP contribution >= 0.6 is 15.9 Å². The van der Waals surface area contributed by atoms with Crippen LogP contribution in [0.3, 0.4) is 0 Å². The molecule has 0 aliphatic rings. The van der Waals surface area contributed by atoms with Gasteiger partial charge in [-0.2, -0.15) is 0 Å². The molecule has 1 aromatic carbocycles. The highest BCUT2D eigenvalue weighted by atomic mass is 79.9. The number of Topliss-reactive ketones (excluding diaryl/α,β-unsaturated/α-hetero) is 1. The summed E-state index contributed by atoms with van der Waals surface area (Å²) in [7, 11) is 1.56. The SMILES string of the molecule is CNCC(=O)c1ccc(Br)c(F)c1F.